The van der Waals surface area contributed by atoms with E-state index in [1.807, 2.05) is 0 Å². The summed E-state index contributed by atoms with van der Waals surface area (Å²) in [6.07, 6.45) is 1.89. The number of fused-ring (bicyclic) bond motifs is 1. The number of nitrogen functional groups attached to an aromatic ring is 1. The van der Waals surface area contributed by atoms with Crippen molar-refractivity contribution >= 4 is 11.5 Å². The van der Waals surface area contributed by atoms with Crippen molar-refractivity contribution < 1.29 is 9.50 Å². The number of aliphatic hydroxyl groups excluding tert-OH is 1. The van der Waals surface area contributed by atoms with Gasteiger partial charge in [-0.1, -0.05) is 0 Å². The van der Waals surface area contributed by atoms with Crippen LogP contribution in [0.4, 0.5) is 10.2 Å². The Labute approximate surface area is 84.6 Å². The van der Waals surface area contributed by atoms with Gasteiger partial charge in [0.05, 0.1) is 18.0 Å². The molecule has 2 rings (SSSR count). The standard InChI is InChI=1S/C8H10FN5O/c9-2-6(15)1-5-3-11-8-7(10)12-4-13-14(5)8/h3-4,6,15H,1-2H2,(H2,10,12,13). The lowest BCUT2D eigenvalue weighted by Crippen LogP contribution is -2.14. The minimum absolute atomic E-state index is 0.147. The molecular formula is C8H10FN5O. The zero-order valence-electron chi connectivity index (χ0n) is 7.84. The van der Waals surface area contributed by atoms with Gasteiger partial charge in [0.2, 0.25) is 0 Å². The van der Waals surface area contributed by atoms with Crippen LogP contribution in [0.3, 0.4) is 0 Å². The average molecular weight is 211 g/mol. The van der Waals surface area contributed by atoms with E-state index in [1.165, 1.54) is 17.0 Å². The van der Waals surface area contributed by atoms with E-state index >= 15 is 0 Å². The maximum atomic E-state index is 12.1. The van der Waals surface area contributed by atoms with Gasteiger partial charge in [0, 0.05) is 6.42 Å². The van der Waals surface area contributed by atoms with Crippen molar-refractivity contribution in [3.05, 3.63) is 18.2 Å². The molecule has 0 radical (unpaired) electrons. The van der Waals surface area contributed by atoms with Crippen LogP contribution in [0.2, 0.25) is 0 Å². The number of aliphatic hydroxyl groups is 1. The van der Waals surface area contributed by atoms with E-state index in [2.05, 4.69) is 15.1 Å². The predicted octanol–water partition coefficient (Wildman–Crippen LogP) is -0.421. The van der Waals surface area contributed by atoms with Crippen molar-refractivity contribution in [2.45, 2.75) is 12.5 Å². The number of aromatic nitrogens is 4. The molecule has 0 bridgehead atoms. The van der Waals surface area contributed by atoms with Crippen LogP contribution in [0.15, 0.2) is 12.5 Å². The van der Waals surface area contributed by atoms with Crippen LogP contribution in [-0.2, 0) is 6.42 Å². The minimum atomic E-state index is -1.04. The molecule has 80 valence electrons. The van der Waals surface area contributed by atoms with Crippen LogP contribution in [-0.4, -0.2) is 37.5 Å². The predicted molar refractivity (Wildman–Crippen MR) is 50.9 cm³/mol. The van der Waals surface area contributed by atoms with E-state index in [0.717, 1.165) is 0 Å². The van der Waals surface area contributed by atoms with Crippen molar-refractivity contribution in [1.29, 1.82) is 0 Å². The van der Waals surface area contributed by atoms with Gasteiger partial charge in [-0.15, -0.1) is 0 Å². The van der Waals surface area contributed by atoms with Crippen LogP contribution in [0, 0.1) is 0 Å². The molecule has 0 saturated heterocycles. The van der Waals surface area contributed by atoms with Gasteiger partial charge in [0.15, 0.2) is 11.5 Å². The van der Waals surface area contributed by atoms with Crippen molar-refractivity contribution in [2.24, 2.45) is 0 Å². The first-order valence-corrected chi connectivity index (χ1v) is 4.39. The topological polar surface area (TPSA) is 89.3 Å². The minimum Gasteiger partial charge on any atom is -0.390 e. The lowest BCUT2D eigenvalue weighted by atomic mass is 10.2. The molecule has 1 unspecified atom stereocenters. The molecule has 0 fully saturated rings. The molecule has 2 aromatic heterocycles. The molecule has 0 spiro atoms. The second kappa shape index (κ2) is 3.77. The summed E-state index contributed by atoms with van der Waals surface area (Å²) in [6.45, 7) is -0.798. The number of nitrogens with zero attached hydrogens (tertiary/aromatic N) is 4. The number of alkyl halides is 1. The molecule has 0 aliphatic heterocycles. The smallest absolute Gasteiger partial charge is 0.196 e. The van der Waals surface area contributed by atoms with Gasteiger partial charge in [-0.05, 0) is 0 Å². The Kier molecular flexibility index (Phi) is 2.46. The maximum absolute atomic E-state index is 12.1. The highest BCUT2D eigenvalue weighted by Gasteiger charge is 2.11. The molecular weight excluding hydrogens is 201 g/mol. The molecule has 6 nitrogen and oxygen atoms in total. The quantitative estimate of drug-likeness (QED) is 0.719. The van der Waals surface area contributed by atoms with Crippen molar-refractivity contribution in [2.75, 3.05) is 12.4 Å². The molecule has 0 saturated carbocycles. The van der Waals surface area contributed by atoms with Crippen LogP contribution < -0.4 is 5.73 Å². The van der Waals surface area contributed by atoms with Crippen LogP contribution in [0.25, 0.3) is 5.65 Å². The summed E-state index contributed by atoms with van der Waals surface area (Å²) < 4.78 is 13.6. The fourth-order valence-electron chi connectivity index (χ4n) is 1.32. The van der Waals surface area contributed by atoms with E-state index in [4.69, 9.17) is 10.8 Å². The number of halogens is 1. The number of imidazole rings is 1. The molecule has 0 amide bonds. The normalized spacial score (nSPS) is 13.2. The van der Waals surface area contributed by atoms with E-state index in [9.17, 15) is 4.39 Å². The largest absolute Gasteiger partial charge is 0.390 e. The van der Waals surface area contributed by atoms with E-state index in [-0.39, 0.29) is 12.2 Å². The first kappa shape index (κ1) is 9.78. The molecule has 2 aromatic rings. The van der Waals surface area contributed by atoms with E-state index in [1.54, 1.807) is 0 Å². The summed E-state index contributed by atoms with van der Waals surface area (Å²) >= 11 is 0. The van der Waals surface area contributed by atoms with Gasteiger partial charge < -0.3 is 10.8 Å². The van der Waals surface area contributed by atoms with Crippen LogP contribution in [0.5, 0.6) is 0 Å². The number of hydrogen-bond acceptors (Lipinski definition) is 5. The number of anilines is 1. The van der Waals surface area contributed by atoms with Gasteiger partial charge in [-0.3, -0.25) is 0 Å². The fraction of sp³-hybridized carbons (Fsp3) is 0.375. The maximum Gasteiger partial charge on any atom is 0.196 e. The molecule has 15 heavy (non-hydrogen) atoms. The third-order valence-electron chi connectivity index (χ3n) is 2.02. The molecule has 0 aromatic carbocycles. The van der Waals surface area contributed by atoms with Gasteiger partial charge in [0.25, 0.3) is 0 Å². The SMILES string of the molecule is Nc1ncnn2c(CC(O)CF)cnc12. The number of rotatable bonds is 3. The Bertz CT molecular complexity index is 471. The average Bonchev–Trinajstić information content (AvgIpc) is 2.63. The van der Waals surface area contributed by atoms with Gasteiger partial charge in [-0.25, -0.2) is 18.9 Å². The lowest BCUT2D eigenvalue weighted by Gasteiger charge is -2.04. The molecule has 1 atom stereocenters. The summed E-state index contributed by atoms with van der Waals surface area (Å²) in [6, 6.07) is 0. The molecule has 0 aliphatic rings. The molecule has 7 heteroatoms. The van der Waals surface area contributed by atoms with E-state index in [0.29, 0.717) is 11.3 Å². The second-order valence-corrected chi connectivity index (χ2v) is 3.14. The molecule has 2 heterocycles. The zero-order valence-corrected chi connectivity index (χ0v) is 7.84. The fourth-order valence-corrected chi connectivity index (χ4v) is 1.32. The summed E-state index contributed by atoms with van der Waals surface area (Å²) in [5.74, 6) is 0.256. The highest BCUT2D eigenvalue weighted by molar-refractivity contribution is 5.58. The highest BCUT2D eigenvalue weighted by Crippen LogP contribution is 2.10. The Morgan fingerprint density at radius 2 is 2.33 bits per heavy atom. The van der Waals surface area contributed by atoms with Gasteiger partial charge >= 0.3 is 0 Å². The first-order valence-electron chi connectivity index (χ1n) is 4.39. The zero-order chi connectivity index (χ0) is 10.8. The van der Waals surface area contributed by atoms with Crippen molar-refractivity contribution in [3.8, 4) is 0 Å². The van der Waals surface area contributed by atoms with Crippen LogP contribution in [0.1, 0.15) is 5.69 Å². The highest BCUT2D eigenvalue weighted by atomic mass is 19.1. The van der Waals surface area contributed by atoms with Crippen molar-refractivity contribution in [1.82, 2.24) is 19.6 Å². The first-order chi connectivity index (χ1) is 7.22. The second-order valence-electron chi connectivity index (χ2n) is 3.14. The number of nitrogens with two attached hydrogens (primary N) is 1. The van der Waals surface area contributed by atoms with Crippen molar-refractivity contribution in [3.63, 3.8) is 0 Å². The Hall–Kier alpha value is -1.76. The van der Waals surface area contributed by atoms with Gasteiger partial charge in [0.1, 0.15) is 13.0 Å². The molecule has 3 N–H and O–H groups in total. The number of hydrogen-bond donors (Lipinski definition) is 2. The summed E-state index contributed by atoms with van der Waals surface area (Å²) in [5, 5.41) is 13.1. The molecule has 0 aliphatic carbocycles. The monoisotopic (exact) mass is 211 g/mol. The summed E-state index contributed by atoms with van der Waals surface area (Å²) in [4.78, 5) is 7.75. The lowest BCUT2D eigenvalue weighted by molar-refractivity contribution is 0.138. The van der Waals surface area contributed by atoms with Crippen LogP contribution >= 0.6 is 0 Å². The Morgan fingerprint density at radius 1 is 1.53 bits per heavy atom. The van der Waals surface area contributed by atoms with E-state index < -0.39 is 12.8 Å². The third-order valence-corrected chi connectivity index (χ3v) is 2.02. The van der Waals surface area contributed by atoms with Gasteiger partial charge in [-0.2, -0.15) is 5.10 Å². The summed E-state index contributed by atoms with van der Waals surface area (Å²) in [5.41, 5.74) is 6.58. The Morgan fingerprint density at radius 3 is 3.07 bits per heavy atom. The third kappa shape index (κ3) is 1.73. The summed E-state index contributed by atoms with van der Waals surface area (Å²) in [7, 11) is 0. The Balaban J connectivity index is 2.41.